The maximum absolute atomic E-state index is 12.8. The zero-order chi connectivity index (χ0) is 22.5. The minimum absolute atomic E-state index is 0.0226. The first-order valence-electron chi connectivity index (χ1n) is 10.5. The van der Waals surface area contributed by atoms with Gasteiger partial charge in [0, 0.05) is 42.0 Å². The topological polar surface area (TPSA) is 97.5 Å². The molecular formula is C25H24N2O5. The molecule has 1 aliphatic heterocycles. The van der Waals surface area contributed by atoms with Crippen molar-refractivity contribution in [2.75, 3.05) is 13.7 Å². The van der Waals surface area contributed by atoms with Crippen LogP contribution in [0.15, 0.2) is 60.8 Å². The number of carbonyl (C=O) groups is 3. The zero-order valence-electron chi connectivity index (χ0n) is 17.7. The van der Waals surface area contributed by atoms with Crippen LogP contribution in [0.4, 0.5) is 4.79 Å². The van der Waals surface area contributed by atoms with Crippen molar-refractivity contribution >= 4 is 34.2 Å². The molecule has 1 aromatic heterocycles. The van der Waals surface area contributed by atoms with Crippen LogP contribution >= 0.6 is 0 Å². The normalized spacial score (nSPS) is 15.8. The molecule has 0 bridgehead atoms. The molecule has 7 nitrogen and oxygen atoms in total. The van der Waals surface area contributed by atoms with Crippen LogP contribution in [0, 0.1) is 0 Å². The Balaban J connectivity index is 1.40. The molecular weight excluding hydrogens is 408 g/mol. The molecule has 1 unspecified atom stereocenters. The van der Waals surface area contributed by atoms with Crippen molar-refractivity contribution in [1.29, 1.82) is 0 Å². The number of nitrogens with one attached hydrogen (secondary N) is 2. The minimum atomic E-state index is -0.831. The maximum atomic E-state index is 12.8. The van der Waals surface area contributed by atoms with Crippen molar-refractivity contribution in [3.63, 3.8) is 0 Å². The lowest BCUT2D eigenvalue weighted by Gasteiger charge is -2.23. The van der Waals surface area contributed by atoms with E-state index in [2.05, 4.69) is 21.1 Å². The van der Waals surface area contributed by atoms with Crippen LogP contribution in [-0.4, -0.2) is 42.4 Å². The Hall–Kier alpha value is -3.71. The van der Waals surface area contributed by atoms with Crippen molar-refractivity contribution in [2.24, 2.45) is 0 Å². The third-order valence-corrected chi connectivity index (χ3v) is 5.59. The number of carbonyl (C=O) groups excluding carboxylic acids is 3. The van der Waals surface area contributed by atoms with Gasteiger partial charge in [-0.15, -0.1) is 0 Å². The molecule has 164 valence electrons. The quantitative estimate of drug-likeness (QED) is 0.328. The Morgan fingerprint density at radius 3 is 2.66 bits per heavy atom. The monoisotopic (exact) mass is 432 g/mol. The van der Waals surface area contributed by atoms with Gasteiger partial charge >= 0.3 is 6.16 Å². The fraction of sp³-hybridized carbons (Fsp3) is 0.240. The van der Waals surface area contributed by atoms with Gasteiger partial charge in [0.15, 0.2) is 11.6 Å². The summed E-state index contributed by atoms with van der Waals surface area (Å²) in [5.41, 5.74) is 3.46. The van der Waals surface area contributed by atoms with Crippen molar-refractivity contribution in [3.05, 3.63) is 71.9 Å². The zero-order valence-corrected chi connectivity index (χ0v) is 17.7. The fourth-order valence-corrected chi connectivity index (χ4v) is 3.89. The predicted octanol–water partition coefficient (Wildman–Crippen LogP) is 4.29. The summed E-state index contributed by atoms with van der Waals surface area (Å²) >= 11 is 0. The van der Waals surface area contributed by atoms with Crippen LogP contribution in [0.5, 0.6) is 5.75 Å². The number of benzene rings is 2. The summed E-state index contributed by atoms with van der Waals surface area (Å²) in [6.45, 7) is 0.625. The van der Waals surface area contributed by atoms with E-state index < -0.39 is 6.16 Å². The first kappa shape index (κ1) is 21.5. The molecule has 32 heavy (non-hydrogen) atoms. The lowest BCUT2D eigenvalue weighted by atomic mass is 9.91. The third-order valence-electron chi connectivity index (χ3n) is 5.59. The maximum Gasteiger partial charge on any atom is 0.513 e. The first-order chi connectivity index (χ1) is 15.5. The van der Waals surface area contributed by atoms with Gasteiger partial charge in [0.05, 0.1) is 13.2 Å². The third kappa shape index (κ3) is 4.78. The van der Waals surface area contributed by atoms with Crippen molar-refractivity contribution in [3.8, 4) is 5.75 Å². The smallest absolute Gasteiger partial charge is 0.437 e. The summed E-state index contributed by atoms with van der Waals surface area (Å²) in [5.74, 6) is 0.157. The van der Waals surface area contributed by atoms with Gasteiger partial charge < -0.3 is 19.8 Å². The Labute approximate surface area is 185 Å². The van der Waals surface area contributed by atoms with Gasteiger partial charge in [0.1, 0.15) is 5.75 Å². The lowest BCUT2D eigenvalue weighted by Crippen LogP contribution is -2.39. The van der Waals surface area contributed by atoms with E-state index >= 15 is 0 Å². The summed E-state index contributed by atoms with van der Waals surface area (Å²) in [6.07, 6.45) is 3.76. The number of ketones is 2. The van der Waals surface area contributed by atoms with E-state index in [0.717, 1.165) is 16.7 Å². The minimum Gasteiger partial charge on any atom is -0.437 e. The van der Waals surface area contributed by atoms with Gasteiger partial charge in [-0.05, 0) is 35.8 Å². The Bertz CT molecular complexity index is 1180. The Kier molecular flexibility index (Phi) is 6.47. The molecule has 0 saturated carbocycles. The van der Waals surface area contributed by atoms with E-state index in [9.17, 15) is 14.4 Å². The number of rotatable bonds is 7. The van der Waals surface area contributed by atoms with Gasteiger partial charge in [0.25, 0.3) is 0 Å². The number of fused-ring (bicyclic) bond motifs is 1. The number of methoxy groups -OCH3 is 1. The molecule has 7 heteroatoms. The number of ether oxygens (including phenoxy) is 2. The van der Waals surface area contributed by atoms with Crippen molar-refractivity contribution < 1.29 is 23.9 Å². The van der Waals surface area contributed by atoms with E-state index in [1.807, 2.05) is 30.3 Å². The Morgan fingerprint density at radius 2 is 1.88 bits per heavy atom. The summed E-state index contributed by atoms with van der Waals surface area (Å²) in [5, 5.41) is 3.87. The highest BCUT2D eigenvalue weighted by Crippen LogP contribution is 2.26. The van der Waals surface area contributed by atoms with Crippen molar-refractivity contribution in [1.82, 2.24) is 10.3 Å². The molecule has 0 radical (unpaired) electrons. The van der Waals surface area contributed by atoms with E-state index in [0.29, 0.717) is 23.9 Å². The number of hydrogen-bond donors (Lipinski definition) is 2. The van der Waals surface area contributed by atoms with Crippen molar-refractivity contribution in [2.45, 2.75) is 25.3 Å². The van der Waals surface area contributed by atoms with Crippen LogP contribution in [0.25, 0.3) is 16.5 Å². The molecule has 1 aliphatic rings. The Morgan fingerprint density at radius 1 is 1.06 bits per heavy atom. The van der Waals surface area contributed by atoms with E-state index in [4.69, 9.17) is 4.74 Å². The van der Waals surface area contributed by atoms with Crippen LogP contribution < -0.4 is 10.1 Å². The van der Waals surface area contributed by atoms with Gasteiger partial charge in [0.2, 0.25) is 0 Å². The summed E-state index contributed by atoms with van der Waals surface area (Å²) < 4.78 is 9.55. The standard InChI is InChI=1S/C25H24N2O5/c1-31-25(30)32-18-7-8-21-19(14-18)20(15-27-21)23(28)9-10-24(29)22-13-17(11-12-26-22)16-5-3-2-4-6-16/h2-8,11,14-15,22,26-27H,9-10,12-13H2,1H3. The molecule has 0 spiro atoms. The second kappa shape index (κ2) is 9.62. The van der Waals surface area contributed by atoms with Gasteiger partial charge in [-0.1, -0.05) is 36.4 Å². The van der Waals surface area contributed by atoms with Crippen LogP contribution in [0.1, 0.15) is 35.2 Å². The predicted molar refractivity (Wildman–Crippen MR) is 121 cm³/mol. The molecule has 1 atom stereocenters. The van der Waals surface area contributed by atoms with Crippen LogP contribution in [0.3, 0.4) is 0 Å². The fourth-order valence-electron chi connectivity index (χ4n) is 3.89. The highest BCUT2D eigenvalue weighted by atomic mass is 16.7. The average Bonchev–Trinajstić information content (AvgIpc) is 3.26. The molecule has 0 fully saturated rings. The molecule has 2 heterocycles. The molecule has 4 rings (SSSR count). The number of H-pyrrole nitrogens is 1. The molecule has 0 amide bonds. The van der Waals surface area contributed by atoms with E-state index in [-0.39, 0.29) is 36.2 Å². The lowest BCUT2D eigenvalue weighted by molar-refractivity contribution is -0.120. The second-order valence-electron chi connectivity index (χ2n) is 7.62. The highest BCUT2D eigenvalue weighted by Gasteiger charge is 2.24. The van der Waals surface area contributed by atoms with Gasteiger partial charge in [-0.3, -0.25) is 9.59 Å². The number of hydrogen-bond acceptors (Lipinski definition) is 6. The van der Waals surface area contributed by atoms with E-state index in [1.165, 1.54) is 7.11 Å². The van der Waals surface area contributed by atoms with E-state index in [1.54, 1.807) is 24.4 Å². The average molecular weight is 432 g/mol. The van der Waals surface area contributed by atoms with Gasteiger partial charge in [-0.2, -0.15) is 0 Å². The van der Waals surface area contributed by atoms with Gasteiger partial charge in [-0.25, -0.2) is 4.79 Å². The highest BCUT2D eigenvalue weighted by molar-refractivity contribution is 6.09. The molecule has 0 saturated heterocycles. The number of aromatic amines is 1. The summed E-state index contributed by atoms with van der Waals surface area (Å²) in [4.78, 5) is 40.0. The SMILES string of the molecule is COC(=O)Oc1ccc2[nH]cc(C(=O)CCC(=O)C3CC(c4ccccc4)=CCN3)c2c1. The number of aromatic nitrogens is 1. The molecule has 0 aliphatic carbocycles. The first-order valence-corrected chi connectivity index (χ1v) is 10.5. The molecule has 2 aromatic carbocycles. The summed E-state index contributed by atoms with van der Waals surface area (Å²) in [6, 6.07) is 14.7. The molecule has 3 aromatic rings. The summed E-state index contributed by atoms with van der Waals surface area (Å²) in [7, 11) is 1.23. The van der Waals surface area contributed by atoms with Crippen LogP contribution in [-0.2, 0) is 9.53 Å². The largest absolute Gasteiger partial charge is 0.513 e. The number of Topliss-reactive ketones (excluding diaryl/α,β-unsaturated/α-hetero) is 2. The van der Waals surface area contributed by atoms with Crippen LogP contribution in [0.2, 0.25) is 0 Å². The molecule has 2 N–H and O–H groups in total. The second-order valence-corrected chi connectivity index (χ2v) is 7.62.